The Morgan fingerprint density at radius 2 is 0.957 bits per heavy atom. The van der Waals surface area contributed by atoms with E-state index in [0.717, 1.165) is 15.8 Å². The molecule has 0 amide bonds. The topological polar surface area (TPSA) is 37.8 Å². The van der Waals surface area contributed by atoms with Crippen LogP contribution >= 0.6 is 29.6 Å². The van der Waals surface area contributed by atoms with Crippen LogP contribution in [0.3, 0.4) is 0 Å². The Balaban J connectivity index is 3.24. The third-order valence-electron chi connectivity index (χ3n) is 7.96. The summed E-state index contributed by atoms with van der Waals surface area (Å²) in [4.78, 5) is 0.973. The maximum absolute atomic E-state index is 7.18. The Hall–Kier alpha value is 0.630. The number of nitrogens with zero attached hydrogens (tertiary/aromatic N) is 6. The van der Waals surface area contributed by atoms with Gasteiger partial charge in [0.25, 0.3) is 0 Å². The van der Waals surface area contributed by atoms with Crippen molar-refractivity contribution in [2.24, 2.45) is 5.10 Å². The summed E-state index contributed by atoms with van der Waals surface area (Å²) in [5.74, 6) is 0.806. The minimum atomic E-state index is -2.81. The van der Waals surface area contributed by atoms with Gasteiger partial charge >= 0.3 is 0 Å². The van der Waals surface area contributed by atoms with E-state index in [-0.39, 0.29) is 48.3 Å². The van der Waals surface area contributed by atoms with Crippen molar-refractivity contribution in [3.05, 3.63) is 24.3 Å². The van der Waals surface area contributed by atoms with Crippen LogP contribution in [0.4, 0.5) is 0 Å². The zero-order valence-electron chi connectivity index (χ0n) is 31.5. The van der Waals surface area contributed by atoms with Crippen molar-refractivity contribution in [2.45, 2.75) is 159 Å². The molecule has 0 spiro atoms. The smallest absolute Gasteiger partial charge is 0.191 e. The first kappa shape index (κ1) is 42.8. The third kappa shape index (κ3) is 8.23. The molecule has 0 aliphatic carbocycles. The summed E-state index contributed by atoms with van der Waals surface area (Å²) < 4.78 is 18.1. The van der Waals surface area contributed by atoms with E-state index in [0.29, 0.717) is 0 Å². The average Bonchev–Trinajstić information content (AvgIpc) is 3.26. The molecule has 1 aromatic rings. The molecule has 1 aromatic carbocycles. The Labute approximate surface area is 302 Å². The Kier molecular flexibility index (Phi) is 15.6. The van der Waals surface area contributed by atoms with Gasteiger partial charge in [-0.1, -0.05) is 23.6 Å². The van der Waals surface area contributed by atoms with Crippen LogP contribution in [0, 0.1) is 0 Å². The van der Waals surface area contributed by atoms with Crippen molar-refractivity contribution in [2.75, 3.05) is 7.11 Å². The van der Waals surface area contributed by atoms with Gasteiger partial charge in [0.05, 0.1) is 7.11 Å². The van der Waals surface area contributed by atoms with Gasteiger partial charge in [-0.05, 0) is 158 Å². The summed E-state index contributed by atoms with van der Waals surface area (Å²) in [5.41, 5.74) is 0. The first-order chi connectivity index (χ1) is 21.0. The van der Waals surface area contributed by atoms with Crippen LogP contribution in [-0.4, -0.2) is 83.5 Å². The van der Waals surface area contributed by atoms with Gasteiger partial charge < -0.3 is 4.74 Å². The van der Waals surface area contributed by atoms with E-state index in [4.69, 9.17) is 45.3 Å². The predicted molar refractivity (Wildman–Crippen MR) is 221 cm³/mol. The maximum atomic E-state index is 7.18. The Morgan fingerprint density at radius 1 is 0.630 bits per heavy atom. The second-order valence-corrected chi connectivity index (χ2v) is 29.6. The molecule has 2 rings (SSSR count). The molecular formula is C32H63N6OP3S4. The quantitative estimate of drug-likeness (QED) is 0.152. The van der Waals surface area contributed by atoms with E-state index in [2.05, 4.69) is 146 Å². The van der Waals surface area contributed by atoms with Gasteiger partial charge in [-0.15, -0.1) is 0 Å². The first-order valence-corrected chi connectivity index (χ1v) is 26.3. The molecule has 0 saturated heterocycles. The summed E-state index contributed by atoms with van der Waals surface area (Å²) in [6, 6.07) is 9.92. The second-order valence-electron chi connectivity index (χ2n) is 14.3. The van der Waals surface area contributed by atoms with E-state index < -0.39 is 18.2 Å². The highest BCUT2D eigenvalue weighted by Gasteiger charge is 2.56. The van der Waals surface area contributed by atoms with Gasteiger partial charge in [0, 0.05) is 53.6 Å². The largest absolute Gasteiger partial charge is 0.497 e. The molecule has 1 aliphatic heterocycles. The summed E-state index contributed by atoms with van der Waals surface area (Å²) in [5, 5.41) is 4.16. The lowest BCUT2D eigenvalue weighted by atomic mass is 10.3. The van der Waals surface area contributed by atoms with E-state index >= 15 is 0 Å². The van der Waals surface area contributed by atoms with Crippen LogP contribution in [-0.2, 0) is 35.4 Å². The van der Waals surface area contributed by atoms with Crippen LogP contribution in [0.2, 0.25) is 0 Å². The van der Waals surface area contributed by atoms with Gasteiger partial charge in [0.1, 0.15) is 17.5 Å². The minimum Gasteiger partial charge on any atom is -0.497 e. The SMILES string of the molecule is COc1ccc(P2(=S)SC(P(=S)(N(C(C)C)C(C)C)N(C(C)C)C(C)C)=NN2P(=S)(N(C(C)C)C(C)C)N(C(C)C)C(C)C)cc1. The number of methoxy groups -OCH3 is 1. The number of hydrogen-bond donors (Lipinski definition) is 0. The van der Waals surface area contributed by atoms with Crippen molar-refractivity contribution in [3.8, 4) is 5.75 Å². The van der Waals surface area contributed by atoms with Gasteiger partial charge in [-0.3, -0.25) is 9.34 Å². The lowest BCUT2D eigenvalue weighted by molar-refractivity contribution is 0.240. The normalized spacial score (nSPS) is 18.6. The van der Waals surface area contributed by atoms with Crippen LogP contribution in [0.5, 0.6) is 5.75 Å². The molecule has 0 bridgehead atoms. The van der Waals surface area contributed by atoms with Crippen LogP contribution < -0.4 is 10.0 Å². The van der Waals surface area contributed by atoms with E-state index in [1.165, 1.54) is 0 Å². The molecule has 0 aromatic heterocycles. The zero-order chi connectivity index (χ0) is 35.7. The van der Waals surface area contributed by atoms with Crippen LogP contribution in [0.15, 0.2) is 29.4 Å². The molecule has 0 saturated carbocycles. The maximum Gasteiger partial charge on any atom is 0.191 e. The molecule has 1 unspecified atom stereocenters. The minimum absolute atomic E-state index is 0.183. The number of hydrogen-bond acceptors (Lipinski definition) is 6. The van der Waals surface area contributed by atoms with Gasteiger partial charge in [-0.2, -0.15) is 9.65 Å². The standard InChI is InChI=1S/C32H63N6OP3S4/c1-22(2)34(23(3)4)40(43,35(24(5)6)25(7)8)32-33-38(41(44,46-32)31-20-18-30(39-17)19-21-31)42(45,36(26(9)10)27(11)12)37(28(13)14)29(15)16/h18-29H,1-17H3. The second kappa shape index (κ2) is 16.8. The molecule has 266 valence electrons. The first-order valence-electron chi connectivity index (χ1n) is 16.7. The molecule has 0 fully saturated rings. The molecule has 14 heteroatoms. The predicted octanol–water partition coefficient (Wildman–Crippen LogP) is 9.96. The Bertz CT molecular complexity index is 1250. The molecule has 1 heterocycles. The van der Waals surface area contributed by atoms with Crippen molar-refractivity contribution >= 4 is 75.1 Å². The molecule has 1 atom stereocenters. The molecule has 46 heavy (non-hydrogen) atoms. The van der Waals surface area contributed by atoms with Crippen LogP contribution in [0.25, 0.3) is 0 Å². The van der Waals surface area contributed by atoms with E-state index in [1.807, 2.05) is 12.1 Å². The number of ether oxygens (including phenoxy) is 1. The summed E-state index contributed by atoms with van der Waals surface area (Å²) in [6.45, 7) is 33.4. The average molecular weight is 769 g/mol. The fourth-order valence-corrected chi connectivity index (χ4v) is 33.4. The van der Waals surface area contributed by atoms with Crippen molar-refractivity contribution in [3.63, 3.8) is 0 Å². The molecule has 0 radical (unpaired) electrons. The fourth-order valence-electron chi connectivity index (χ4n) is 7.01. The highest BCUT2D eigenvalue weighted by atomic mass is 32.9. The lowest BCUT2D eigenvalue weighted by Crippen LogP contribution is -2.48. The molecular weight excluding hydrogens is 706 g/mol. The van der Waals surface area contributed by atoms with Crippen LogP contribution in [0.1, 0.15) is 111 Å². The van der Waals surface area contributed by atoms with Gasteiger partial charge in [-0.25, -0.2) is 9.34 Å². The monoisotopic (exact) mass is 768 g/mol. The van der Waals surface area contributed by atoms with E-state index in [9.17, 15) is 0 Å². The number of benzene rings is 1. The van der Waals surface area contributed by atoms with E-state index in [1.54, 1.807) is 18.5 Å². The van der Waals surface area contributed by atoms with Gasteiger partial charge in [0.15, 0.2) is 11.3 Å². The summed E-state index contributed by atoms with van der Waals surface area (Å²) in [7, 11) is 1.70. The third-order valence-corrected chi connectivity index (χ3v) is 29.1. The highest BCUT2D eigenvalue weighted by molar-refractivity contribution is 8.81. The number of rotatable bonds is 16. The highest BCUT2D eigenvalue weighted by Crippen LogP contribution is 2.82. The zero-order valence-corrected chi connectivity index (χ0v) is 37.4. The van der Waals surface area contributed by atoms with Gasteiger partial charge in [0.2, 0.25) is 0 Å². The summed E-state index contributed by atoms with van der Waals surface area (Å²) in [6.07, 6.45) is -2.65. The van der Waals surface area contributed by atoms with Crippen molar-refractivity contribution in [1.29, 1.82) is 0 Å². The Morgan fingerprint density at radius 3 is 1.24 bits per heavy atom. The molecule has 0 N–H and O–H groups in total. The molecule has 7 nitrogen and oxygen atoms in total. The summed E-state index contributed by atoms with van der Waals surface area (Å²) >= 11 is 23.1. The lowest BCUT2D eigenvalue weighted by Gasteiger charge is -2.53. The molecule has 1 aliphatic rings. The van der Waals surface area contributed by atoms with Crippen molar-refractivity contribution < 1.29 is 4.74 Å². The number of hydrazone groups is 1. The fraction of sp³-hybridized carbons (Fsp3) is 0.781. The van der Waals surface area contributed by atoms with Crippen molar-refractivity contribution in [1.82, 2.24) is 23.2 Å².